The van der Waals surface area contributed by atoms with Gasteiger partial charge in [-0.25, -0.2) is 13.4 Å². The Labute approximate surface area is 108 Å². The fraction of sp³-hybridized carbons (Fsp3) is 0. The number of rotatable bonds is 3. The highest BCUT2D eigenvalue weighted by molar-refractivity contribution is 7.94. The van der Waals surface area contributed by atoms with Gasteiger partial charge >= 0.3 is 0 Å². The predicted octanol–water partition coefficient (Wildman–Crippen LogP) is 1.40. The number of aromatic nitrogens is 1. The van der Waals surface area contributed by atoms with Gasteiger partial charge in [-0.15, -0.1) is 11.3 Å². The van der Waals surface area contributed by atoms with Crippen molar-refractivity contribution in [2.24, 2.45) is 0 Å². The van der Waals surface area contributed by atoms with E-state index in [9.17, 15) is 8.42 Å². The van der Waals surface area contributed by atoms with Gasteiger partial charge in [-0.1, -0.05) is 0 Å². The number of pyridine rings is 1. The van der Waals surface area contributed by atoms with E-state index in [-0.39, 0.29) is 10.0 Å². The highest BCUT2D eigenvalue weighted by Crippen LogP contribution is 2.22. The van der Waals surface area contributed by atoms with Crippen molar-refractivity contribution in [1.82, 2.24) is 4.98 Å². The molecule has 6 nitrogen and oxygen atoms in total. The third kappa shape index (κ3) is 2.58. The molecule has 0 bridgehead atoms. The van der Waals surface area contributed by atoms with Crippen molar-refractivity contribution < 1.29 is 8.42 Å². The SMILES string of the molecule is N#Cc1ccc(S(=O)(=O)Nc2ccc(N)cn2)s1. The third-order valence-electron chi connectivity index (χ3n) is 1.98. The first-order chi connectivity index (χ1) is 8.51. The summed E-state index contributed by atoms with van der Waals surface area (Å²) in [5.74, 6) is 0.177. The maximum Gasteiger partial charge on any atom is 0.272 e. The molecular formula is C10H8N4O2S2. The van der Waals surface area contributed by atoms with Gasteiger partial charge in [-0.2, -0.15) is 5.26 Å². The molecule has 0 aliphatic carbocycles. The van der Waals surface area contributed by atoms with Crippen LogP contribution in [0.1, 0.15) is 4.88 Å². The van der Waals surface area contributed by atoms with Crippen LogP contribution in [0.25, 0.3) is 0 Å². The van der Waals surface area contributed by atoms with E-state index >= 15 is 0 Å². The maximum atomic E-state index is 11.9. The molecule has 0 aliphatic rings. The van der Waals surface area contributed by atoms with E-state index < -0.39 is 10.0 Å². The zero-order valence-corrected chi connectivity index (χ0v) is 10.6. The summed E-state index contributed by atoms with van der Waals surface area (Å²) in [6, 6.07) is 7.72. The lowest BCUT2D eigenvalue weighted by Crippen LogP contribution is -2.12. The van der Waals surface area contributed by atoms with Crippen molar-refractivity contribution in [2.75, 3.05) is 10.5 Å². The number of sulfonamides is 1. The average molecular weight is 280 g/mol. The van der Waals surface area contributed by atoms with E-state index in [1.54, 1.807) is 6.07 Å². The Bertz CT molecular complexity index is 698. The summed E-state index contributed by atoms with van der Waals surface area (Å²) in [5, 5.41) is 8.66. The second kappa shape index (κ2) is 4.64. The van der Waals surface area contributed by atoms with Crippen LogP contribution in [-0.2, 0) is 10.0 Å². The Morgan fingerprint density at radius 3 is 2.67 bits per heavy atom. The minimum absolute atomic E-state index is 0.0673. The number of thiophene rings is 1. The number of anilines is 2. The second-order valence-corrected chi connectivity index (χ2v) is 6.31. The number of nitrogens with two attached hydrogens (primary N) is 1. The number of hydrogen-bond acceptors (Lipinski definition) is 6. The monoisotopic (exact) mass is 280 g/mol. The number of nitrogen functional groups attached to an aromatic ring is 1. The summed E-state index contributed by atoms with van der Waals surface area (Å²) in [4.78, 5) is 4.17. The number of nitriles is 1. The Balaban J connectivity index is 2.27. The number of nitrogens with zero attached hydrogens (tertiary/aromatic N) is 2. The maximum absolute atomic E-state index is 11.9. The minimum Gasteiger partial charge on any atom is -0.397 e. The first kappa shape index (κ1) is 12.3. The molecule has 2 aromatic heterocycles. The van der Waals surface area contributed by atoms with Gasteiger partial charge in [-0.05, 0) is 24.3 Å². The Hall–Kier alpha value is -2.11. The van der Waals surface area contributed by atoms with Crippen molar-refractivity contribution in [3.05, 3.63) is 35.3 Å². The Morgan fingerprint density at radius 2 is 2.11 bits per heavy atom. The van der Waals surface area contributed by atoms with Crippen LogP contribution >= 0.6 is 11.3 Å². The summed E-state index contributed by atoms with van der Waals surface area (Å²) in [6.45, 7) is 0. The van der Waals surface area contributed by atoms with Gasteiger partial charge < -0.3 is 5.73 Å². The van der Waals surface area contributed by atoms with E-state index in [0.29, 0.717) is 10.6 Å². The summed E-state index contributed by atoms with van der Waals surface area (Å²) in [7, 11) is -3.70. The predicted molar refractivity (Wildman–Crippen MR) is 68.5 cm³/mol. The first-order valence-corrected chi connectivity index (χ1v) is 7.05. The van der Waals surface area contributed by atoms with Gasteiger partial charge in [-0.3, -0.25) is 4.72 Å². The third-order valence-corrected chi connectivity index (χ3v) is 4.82. The Kier molecular flexibility index (Phi) is 3.18. The molecule has 0 aliphatic heterocycles. The van der Waals surface area contributed by atoms with Crippen LogP contribution in [0.2, 0.25) is 0 Å². The fourth-order valence-electron chi connectivity index (χ4n) is 1.18. The van der Waals surface area contributed by atoms with Crippen LogP contribution < -0.4 is 10.5 Å². The summed E-state index contributed by atoms with van der Waals surface area (Å²) >= 11 is 0.898. The molecule has 3 N–H and O–H groups in total. The van der Waals surface area contributed by atoms with E-state index in [4.69, 9.17) is 11.0 Å². The smallest absolute Gasteiger partial charge is 0.272 e. The molecule has 0 radical (unpaired) electrons. The summed E-state index contributed by atoms with van der Waals surface area (Å²) < 4.78 is 26.2. The Morgan fingerprint density at radius 1 is 1.33 bits per heavy atom. The van der Waals surface area contributed by atoms with Crippen LogP contribution in [0.4, 0.5) is 11.5 Å². The highest BCUT2D eigenvalue weighted by atomic mass is 32.2. The van der Waals surface area contributed by atoms with E-state index in [2.05, 4.69) is 9.71 Å². The summed E-state index contributed by atoms with van der Waals surface area (Å²) in [5.41, 5.74) is 5.89. The van der Waals surface area contributed by atoms with Gasteiger partial charge in [0.15, 0.2) is 0 Å². The van der Waals surface area contributed by atoms with Crippen molar-refractivity contribution in [3.63, 3.8) is 0 Å². The van der Waals surface area contributed by atoms with Crippen molar-refractivity contribution in [2.45, 2.75) is 4.21 Å². The lowest BCUT2D eigenvalue weighted by atomic mass is 10.4. The number of hydrogen-bond donors (Lipinski definition) is 2. The zero-order valence-electron chi connectivity index (χ0n) is 8.99. The molecule has 2 rings (SSSR count). The van der Waals surface area contributed by atoms with Crippen molar-refractivity contribution in [1.29, 1.82) is 5.26 Å². The number of nitrogens with one attached hydrogen (secondary N) is 1. The largest absolute Gasteiger partial charge is 0.397 e. The standard InChI is InChI=1S/C10H8N4O2S2/c11-5-8-2-4-10(17-8)18(15,16)14-9-3-1-7(12)6-13-9/h1-4,6H,12H2,(H,13,14). The molecule has 0 fully saturated rings. The summed E-state index contributed by atoms with van der Waals surface area (Å²) in [6.07, 6.45) is 1.35. The molecule has 0 saturated heterocycles. The topological polar surface area (TPSA) is 109 Å². The van der Waals surface area contributed by atoms with Crippen LogP contribution in [0.3, 0.4) is 0 Å². The molecule has 0 aromatic carbocycles. The first-order valence-electron chi connectivity index (χ1n) is 4.75. The molecule has 2 heterocycles. The van der Waals surface area contributed by atoms with Gasteiger partial charge in [0.05, 0.1) is 11.9 Å². The van der Waals surface area contributed by atoms with E-state index in [0.717, 1.165) is 11.3 Å². The van der Waals surface area contributed by atoms with E-state index in [1.807, 2.05) is 6.07 Å². The van der Waals surface area contributed by atoms with Gasteiger partial charge in [0.25, 0.3) is 10.0 Å². The lowest BCUT2D eigenvalue weighted by molar-refractivity contribution is 0.603. The molecule has 8 heteroatoms. The minimum atomic E-state index is -3.70. The van der Waals surface area contributed by atoms with Crippen LogP contribution in [0.15, 0.2) is 34.7 Å². The van der Waals surface area contributed by atoms with Crippen LogP contribution in [0.5, 0.6) is 0 Å². The molecule has 0 amide bonds. The van der Waals surface area contributed by atoms with Gasteiger partial charge in [0.2, 0.25) is 0 Å². The van der Waals surface area contributed by atoms with Crippen molar-refractivity contribution in [3.8, 4) is 6.07 Å². The quantitative estimate of drug-likeness (QED) is 0.883. The van der Waals surface area contributed by atoms with Crippen LogP contribution in [-0.4, -0.2) is 13.4 Å². The lowest BCUT2D eigenvalue weighted by Gasteiger charge is -2.04. The molecule has 2 aromatic rings. The molecule has 0 spiro atoms. The highest BCUT2D eigenvalue weighted by Gasteiger charge is 2.17. The normalized spacial score (nSPS) is 10.8. The van der Waals surface area contributed by atoms with Crippen molar-refractivity contribution >= 4 is 32.9 Å². The molecule has 0 atom stereocenters. The van der Waals surface area contributed by atoms with Gasteiger partial charge in [0.1, 0.15) is 21.0 Å². The molecule has 0 unspecified atom stereocenters. The molecular weight excluding hydrogens is 272 g/mol. The molecule has 18 heavy (non-hydrogen) atoms. The molecule has 92 valence electrons. The van der Waals surface area contributed by atoms with E-state index in [1.165, 1.54) is 24.4 Å². The fourth-order valence-corrected chi connectivity index (χ4v) is 3.29. The average Bonchev–Trinajstić information content (AvgIpc) is 2.81. The molecule has 0 saturated carbocycles. The second-order valence-electron chi connectivity index (χ2n) is 3.31. The van der Waals surface area contributed by atoms with Gasteiger partial charge in [0, 0.05) is 0 Å². The zero-order chi connectivity index (χ0) is 13.2. The van der Waals surface area contributed by atoms with Crippen LogP contribution in [0, 0.1) is 11.3 Å².